The number of para-hydroxylation sites is 1. The van der Waals surface area contributed by atoms with Crippen LogP contribution in [0.2, 0.25) is 0 Å². The minimum Gasteiger partial charge on any atom is -0.316 e. The molecule has 0 aliphatic heterocycles. The molecule has 196 valence electrons. The van der Waals surface area contributed by atoms with Crippen LogP contribution in [-0.2, 0) is 0 Å². The zero-order chi connectivity index (χ0) is 27.6. The van der Waals surface area contributed by atoms with Gasteiger partial charge in [0.2, 0.25) is 5.95 Å². The van der Waals surface area contributed by atoms with Crippen LogP contribution in [0.1, 0.15) is 0 Å². The number of fused-ring (bicyclic) bond motifs is 2. The summed E-state index contributed by atoms with van der Waals surface area (Å²) < 4.78 is 4.50. The summed E-state index contributed by atoms with van der Waals surface area (Å²) >= 11 is 0. The summed E-state index contributed by atoms with van der Waals surface area (Å²) in [6, 6.07) is 46.2. The third-order valence-electron chi connectivity index (χ3n) is 8.15. The average Bonchev–Trinajstić information content (AvgIpc) is 3.65. The molecule has 0 atom stereocenters. The van der Waals surface area contributed by atoms with Crippen molar-refractivity contribution >= 4 is 43.5 Å². The maximum Gasteiger partial charge on any atom is 0.238 e. The fourth-order valence-electron chi connectivity index (χ4n) is 6.28. The minimum atomic E-state index is 0.604. The molecule has 3 aromatic heterocycles. The largest absolute Gasteiger partial charge is 0.316 e. The molecule has 5 nitrogen and oxygen atoms in total. The molecule has 0 spiro atoms. The van der Waals surface area contributed by atoms with Crippen LogP contribution in [0.3, 0.4) is 0 Å². The number of hydrogen-bond acceptors (Lipinski definition) is 3. The van der Waals surface area contributed by atoms with E-state index in [4.69, 9.17) is 15.0 Å². The van der Waals surface area contributed by atoms with Gasteiger partial charge >= 0.3 is 0 Å². The predicted molar refractivity (Wildman–Crippen MR) is 171 cm³/mol. The van der Waals surface area contributed by atoms with E-state index in [9.17, 15) is 0 Å². The molecule has 3 heterocycles. The van der Waals surface area contributed by atoms with Crippen molar-refractivity contribution in [1.29, 1.82) is 0 Å². The molecule has 6 aromatic carbocycles. The van der Waals surface area contributed by atoms with E-state index in [1.165, 1.54) is 21.5 Å². The van der Waals surface area contributed by atoms with Gasteiger partial charge in [0.25, 0.3) is 0 Å². The van der Waals surface area contributed by atoms with Gasteiger partial charge in [0.1, 0.15) is 0 Å². The molecular formula is C37H23N5. The molecular weight excluding hydrogens is 514 g/mol. The van der Waals surface area contributed by atoms with Gasteiger partial charge in [-0.05, 0) is 41.1 Å². The monoisotopic (exact) mass is 537 g/mol. The number of rotatable bonds is 4. The first-order valence-electron chi connectivity index (χ1n) is 14.1. The normalized spacial score (nSPS) is 11.8. The van der Waals surface area contributed by atoms with Crippen molar-refractivity contribution in [1.82, 2.24) is 24.1 Å². The standard InChI is InChI=1S/C37H23N5/c1-4-11-25(12-5-1)35-38-36(26-13-6-2-7-14-26)40-37(39-35)42-30-18-10-15-24-19-20-27-23-31-29(34(42)33(27)32(24)30)21-22-41(31)28-16-8-3-9-17-28/h1-23H. The summed E-state index contributed by atoms with van der Waals surface area (Å²) in [7, 11) is 0. The summed E-state index contributed by atoms with van der Waals surface area (Å²) in [5.74, 6) is 1.90. The maximum absolute atomic E-state index is 5.14. The molecule has 9 rings (SSSR count). The van der Waals surface area contributed by atoms with E-state index < -0.39 is 0 Å². The van der Waals surface area contributed by atoms with E-state index in [1.807, 2.05) is 60.7 Å². The smallest absolute Gasteiger partial charge is 0.238 e. The Morgan fingerprint density at radius 2 is 1.12 bits per heavy atom. The molecule has 0 amide bonds. The SMILES string of the molecule is c1ccc(-c2nc(-c3ccccc3)nc(-n3c4cccc5ccc6cc7c(ccn7-c7ccccc7)c3c6c54)n2)cc1. The Bertz CT molecular complexity index is 2330. The molecule has 0 N–H and O–H groups in total. The van der Waals surface area contributed by atoms with Gasteiger partial charge in [-0.1, -0.05) is 103 Å². The van der Waals surface area contributed by atoms with Crippen molar-refractivity contribution in [2.45, 2.75) is 0 Å². The van der Waals surface area contributed by atoms with E-state index in [0.717, 1.165) is 38.8 Å². The Hall–Kier alpha value is -5.81. The molecule has 0 saturated heterocycles. The lowest BCUT2D eigenvalue weighted by Crippen LogP contribution is -2.06. The second-order valence-electron chi connectivity index (χ2n) is 10.6. The second kappa shape index (κ2) is 8.85. The highest BCUT2D eigenvalue weighted by Gasteiger charge is 2.23. The lowest BCUT2D eigenvalue weighted by Gasteiger charge is -2.12. The first kappa shape index (κ1) is 22.9. The zero-order valence-electron chi connectivity index (χ0n) is 22.5. The zero-order valence-corrected chi connectivity index (χ0v) is 22.5. The van der Waals surface area contributed by atoms with Gasteiger partial charge in [-0.15, -0.1) is 0 Å². The van der Waals surface area contributed by atoms with Crippen LogP contribution in [0.25, 0.3) is 77.9 Å². The number of aromatic nitrogens is 5. The van der Waals surface area contributed by atoms with Crippen LogP contribution < -0.4 is 0 Å². The summed E-state index contributed by atoms with van der Waals surface area (Å²) in [5.41, 5.74) is 6.35. The average molecular weight is 538 g/mol. The quantitative estimate of drug-likeness (QED) is 0.211. The Morgan fingerprint density at radius 3 is 1.81 bits per heavy atom. The van der Waals surface area contributed by atoms with Crippen molar-refractivity contribution in [3.05, 3.63) is 140 Å². The third kappa shape index (κ3) is 3.34. The minimum absolute atomic E-state index is 0.604. The van der Waals surface area contributed by atoms with Crippen LogP contribution in [0.5, 0.6) is 0 Å². The number of hydrogen-bond donors (Lipinski definition) is 0. The van der Waals surface area contributed by atoms with Gasteiger partial charge in [-0.25, -0.2) is 4.98 Å². The highest BCUT2D eigenvalue weighted by Crippen LogP contribution is 2.42. The number of nitrogens with zero attached hydrogens (tertiary/aromatic N) is 5. The lowest BCUT2D eigenvalue weighted by molar-refractivity contribution is 0.955. The Kier molecular flexibility index (Phi) is 4.83. The molecule has 0 aliphatic rings. The third-order valence-corrected chi connectivity index (χ3v) is 8.15. The molecule has 0 unspecified atom stereocenters. The Labute approximate surface area is 241 Å². The Balaban J connectivity index is 1.43. The van der Waals surface area contributed by atoms with E-state index in [1.54, 1.807) is 0 Å². The van der Waals surface area contributed by atoms with E-state index in [2.05, 4.69) is 88.1 Å². The summed E-state index contributed by atoms with van der Waals surface area (Å²) in [6.45, 7) is 0. The van der Waals surface area contributed by atoms with Crippen molar-refractivity contribution in [3.63, 3.8) is 0 Å². The molecule has 42 heavy (non-hydrogen) atoms. The summed E-state index contributed by atoms with van der Waals surface area (Å²) in [5, 5.41) is 5.99. The van der Waals surface area contributed by atoms with Crippen molar-refractivity contribution in [2.24, 2.45) is 0 Å². The van der Waals surface area contributed by atoms with Crippen LogP contribution in [0, 0.1) is 0 Å². The highest BCUT2D eigenvalue weighted by molar-refractivity contribution is 6.29. The molecule has 0 radical (unpaired) electrons. The first-order valence-corrected chi connectivity index (χ1v) is 14.1. The van der Waals surface area contributed by atoms with Gasteiger partial charge in [0.05, 0.1) is 16.6 Å². The molecule has 0 fully saturated rings. The second-order valence-corrected chi connectivity index (χ2v) is 10.6. The molecule has 0 saturated carbocycles. The molecule has 0 aliphatic carbocycles. The molecule has 0 bridgehead atoms. The van der Waals surface area contributed by atoms with Crippen molar-refractivity contribution in [2.75, 3.05) is 0 Å². The molecule has 5 heteroatoms. The highest BCUT2D eigenvalue weighted by atomic mass is 15.2. The van der Waals surface area contributed by atoms with Gasteiger partial charge < -0.3 is 4.57 Å². The van der Waals surface area contributed by atoms with E-state index >= 15 is 0 Å². The van der Waals surface area contributed by atoms with Crippen LogP contribution in [0.15, 0.2) is 140 Å². The van der Waals surface area contributed by atoms with Crippen LogP contribution in [-0.4, -0.2) is 24.1 Å². The van der Waals surface area contributed by atoms with Gasteiger partial charge in [-0.2, -0.15) is 9.97 Å². The van der Waals surface area contributed by atoms with E-state index in [0.29, 0.717) is 17.6 Å². The predicted octanol–water partition coefficient (Wildman–Crippen LogP) is 8.84. The van der Waals surface area contributed by atoms with Gasteiger partial charge in [0, 0.05) is 39.2 Å². The van der Waals surface area contributed by atoms with Gasteiger partial charge in [0.15, 0.2) is 11.6 Å². The van der Waals surface area contributed by atoms with Crippen molar-refractivity contribution < 1.29 is 0 Å². The van der Waals surface area contributed by atoms with Crippen molar-refractivity contribution in [3.8, 4) is 34.4 Å². The molecule has 9 aromatic rings. The van der Waals surface area contributed by atoms with Gasteiger partial charge in [-0.3, -0.25) is 4.57 Å². The first-order chi connectivity index (χ1) is 20.8. The van der Waals surface area contributed by atoms with E-state index in [-0.39, 0.29) is 0 Å². The fourth-order valence-corrected chi connectivity index (χ4v) is 6.28. The maximum atomic E-state index is 5.14. The topological polar surface area (TPSA) is 48.5 Å². The fraction of sp³-hybridized carbons (Fsp3) is 0. The van der Waals surface area contributed by atoms with Crippen LogP contribution >= 0.6 is 0 Å². The summed E-state index contributed by atoms with van der Waals surface area (Å²) in [4.78, 5) is 15.2. The van der Waals surface area contributed by atoms with Crippen LogP contribution in [0.4, 0.5) is 0 Å². The summed E-state index contributed by atoms with van der Waals surface area (Å²) in [6.07, 6.45) is 2.16. The lowest BCUT2D eigenvalue weighted by atomic mass is 10.0. The Morgan fingerprint density at radius 1 is 0.476 bits per heavy atom. The number of benzene rings is 6.